The molecule has 0 aromatic rings. The molecule has 19 nitrogen and oxygen atoms in total. The minimum Gasteiger partial charge on any atom is -0.394 e. The van der Waals surface area contributed by atoms with E-state index in [2.05, 4.69) is 79.9 Å². The van der Waals surface area contributed by atoms with Gasteiger partial charge in [0.05, 0.1) is 38.6 Å². The zero-order valence-corrected chi connectivity index (χ0v) is 57.2. The van der Waals surface area contributed by atoms with Crippen LogP contribution in [0.2, 0.25) is 0 Å². The Hall–Kier alpha value is -2.77. The Morgan fingerprint density at radius 1 is 0.387 bits per heavy atom. The fraction of sp³-hybridized carbons (Fsp3) is 0.824. The van der Waals surface area contributed by atoms with Gasteiger partial charge in [-0.05, 0) is 83.5 Å². The minimum absolute atomic E-state index is 0.220. The van der Waals surface area contributed by atoms with Crippen LogP contribution in [-0.2, 0) is 33.2 Å². The monoisotopic (exact) mass is 1320 g/mol. The normalized spacial score (nSPS) is 27.9. The summed E-state index contributed by atoms with van der Waals surface area (Å²) in [5, 5.41) is 121. The first kappa shape index (κ1) is 84.5. The molecule has 3 heterocycles. The molecule has 0 saturated carbocycles. The van der Waals surface area contributed by atoms with Crippen molar-refractivity contribution in [3.8, 4) is 0 Å². The lowest BCUT2D eigenvalue weighted by Gasteiger charge is -2.48. The average Bonchev–Trinajstić information content (AvgIpc) is 0.814. The topological polar surface area (TPSA) is 307 Å². The van der Waals surface area contributed by atoms with Crippen molar-refractivity contribution in [2.45, 2.75) is 362 Å². The van der Waals surface area contributed by atoms with Gasteiger partial charge in [0.25, 0.3) is 0 Å². The van der Waals surface area contributed by atoms with Gasteiger partial charge in [-0.2, -0.15) is 0 Å². The van der Waals surface area contributed by atoms with Crippen molar-refractivity contribution in [3.63, 3.8) is 0 Å². The molecule has 0 aromatic heterocycles. The Morgan fingerprint density at radius 3 is 1.15 bits per heavy atom. The quantitative estimate of drug-likeness (QED) is 0.0199. The SMILES string of the molecule is CCCCCCC/C=C\C/C=C\C/C=C\CCCCCCCCCCC(=O)NC(COC1OC(CO)C(OC2OC(CO)C(OC3OC(CO)C(O)C(O)C3O)C(O)C2O)C(O)C1O)C(O)/C=C/CC/C=C/CC/C=C/CCCCCCCCCCCCCCCCC. The highest BCUT2D eigenvalue weighted by Crippen LogP contribution is 2.33. The van der Waals surface area contributed by atoms with Crippen LogP contribution >= 0.6 is 0 Å². The number of unbranched alkanes of at least 4 members (excludes halogenated alkanes) is 30. The van der Waals surface area contributed by atoms with E-state index in [9.17, 15) is 61.0 Å². The number of rotatable bonds is 56. The molecule has 3 saturated heterocycles. The largest absolute Gasteiger partial charge is 0.394 e. The van der Waals surface area contributed by atoms with Crippen molar-refractivity contribution in [1.29, 1.82) is 0 Å². The fourth-order valence-corrected chi connectivity index (χ4v) is 12.0. The van der Waals surface area contributed by atoms with Crippen molar-refractivity contribution < 1.29 is 89.4 Å². The second-order valence-electron chi connectivity index (χ2n) is 26.0. The van der Waals surface area contributed by atoms with Gasteiger partial charge in [-0.1, -0.05) is 241 Å². The van der Waals surface area contributed by atoms with E-state index in [4.69, 9.17) is 28.4 Å². The summed E-state index contributed by atoms with van der Waals surface area (Å²) in [6.45, 7) is 1.70. The first-order valence-corrected chi connectivity index (χ1v) is 36.7. The zero-order chi connectivity index (χ0) is 67.5. The average molecular weight is 1320 g/mol. The first-order chi connectivity index (χ1) is 45.3. The summed E-state index contributed by atoms with van der Waals surface area (Å²) in [5.41, 5.74) is 0. The summed E-state index contributed by atoms with van der Waals surface area (Å²) in [4.78, 5) is 13.4. The molecule has 3 fully saturated rings. The Balaban J connectivity index is 1.45. The van der Waals surface area contributed by atoms with E-state index in [1.165, 1.54) is 154 Å². The Bertz CT molecular complexity index is 1970. The Labute approximate surface area is 559 Å². The molecule has 0 spiro atoms. The number of carbonyl (C=O) groups is 1. The molecule has 3 aliphatic heterocycles. The second-order valence-corrected chi connectivity index (χ2v) is 26.0. The molecule has 0 bridgehead atoms. The fourth-order valence-electron chi connectivity index (χ4n) is 12.0. The molecule has 12 N–H and O–H groups in total. The maximum atomic E-state index is 13.4. The number of allylic oxidation sites excluding steroid dienone is 11. The maximum absolute atomic E-state index is 13.4. The lowest BCUT2D eigenvalue weighted by atomic mass is 9.96. The number of ether oxygens (including phenoxy) is 6. The van der Waals surface area contributed by atoms with E-state index < -0.39 is 124 Å². The third-order valence-corrected chi connectivity index (χ3v) is 18.0. The highest BCUT2D eigenvalue weighted by Gasteiger charge is 2.53. The molecule has 3 aliphatic rings. The lowest BCUT2D eigenvalue weighted by molar-refractivity contribution is -0.379. The number of aliphatic hydroxyl groups excluding tert-OH is 11. The number of nitrogens with one attached hydrogen (secondary N) is 1. The van der Waals surface area contributed by atoms with Gasteiger partial charge in [0, 0.05) is 6.42 Å². The van der Waals surface area contributed by atoms with Crippen LogP contribution in [0.25, 0.3) is 0 Å². The van der Waals surface area contributed by atoms with E-state index in [1.807, 2.05) is 6.08 Å². The molecule has 3 rings (SSSR count). The Kier molecular flexibility index (Phi) is 50.1. The molecule has 93 heavy (non-hydrogen) atoms. The third kappa shape index (κ3) is 36.6. The van der Waals surface area contributed by atoms with Crippen LogP contribution in [-0.4, -0.2) is 193 Å². The van der Waals surface area contributed by atoms with Crippen LogP contribution in [0.5, 0.6) is 0 Å². The second kappa shape index (κ2) is 55.1. The van der Waals surface area contributed by atoms with Crippen LogP contribution in [0, 0.1) is 0 Å². The van der Waals surface area contributed by atoms with E-state index in [1.54, 1.807) is 6.08 Å². The molecule has 17 unspecified atom stereocenters. The van der Waals surface area contributed by atoms with Crippen molar-refractivity contribution in [3.05, 3.63) is 72.9 Å². The third-order valence-electron chi connectivity index (χ3n) is 18.0. The van der Waals surface area contributed by atoms with Gasteiger partial charge >= 0.3 is 0 Å². The predicted molar refractivity (Wildman–Crippen MR) is 365 cm³/mol. The minimum atomic E-state index is -1.99. The molecular weight excluding hydrogens is 1190 g/mol. The van der Waals surface area contributed by atoms with E-state index >= 15 is 0 Å². The van der Waals surface area contributed by atoms with Crippen molar-refractivity contribution in [2.24, 2.45) is 0 Å². The van der Waals surface area contributed by atoms with Crippen LogP contribution in [0.15, 0.2) is 72.9 Å². The number of carbonyl (C=O) groups excluding carboxylic acids is 1. The summed E-state index contributed by atoms with van der Waals surface area (Å²) in [6.07, 6.45) is 43.0. The smallest absolute Gasteiger partial charge is 0.220 e. The molecule has 0 aromatic carbocycles. The van der Waals surface area contributed by atoms with Crippen molar-refractivity contribution in [1.82, 2.24) is 5.32 Å². The van der Waals surface area contributed by atoms with Gasteiger partial charge in [-0.25, -0.2) is 0 Å². The lowest BCUT2D eigenvalue weighted by Crippen LogP contribution is -2.66. The van der Waals surface area contributed by atoms with E-state index in [0.717, 1.165) is 70.6 Å². The van der Waals surface area contributed by atoms with Gasteiger partial charge in [0.1, 0.15) is 73.2 Å². The van der Waals surface area contributed by atoms with Crippen LogP contribution in [0.4, 0.5) is 0 Å². The number of hydrogen-bond donors (Lipinski definition) is 12. The van der Waals surface area contributed by atoms with Gasteiger partial charge in [0.2, 0.25) is 5.91 Å². The van der Waals surface area contributed by atoms with Crippen LogP contribution in [0.3, 0.4) is 0 Å². The summed E-state index contributed by atoms with van der Waals surface area (Å²) < 4.78 is 34.4. The molecule has 540 valence electrons. The number of hydrogen-bond acceptors (Lipinski definition) is 18. The van der Waals surface area contributed by atoms with Gasteiger partial charge < -0.3 is 89.9 Å². The Morgan fingerprint density at radius 2 is 0.720 bits per heavy atom. The standard InChI is InChI=1S/C74H131NO18/c1-3-5-7-9-11-13-15-17-19-21-23-25-27-28-30-31-33-35-37-39-41-43-45-47-49-51-58(79)57(75-62(80)52-50-48-46-44-42-40-38-36-34-32-29-26-24-22-20-18-16-14-12-10-8-6-4-2)56-88-72-68(86)65(83)70(60(54-77)90-72)93-74-69(87)66(84)71(61(55-78)91-74)92-73-67(85)64(82)63(81)59(53-76)89-73/h16,18,22,24,29,32-33,35,41,43,49,51,57-61,63-74,76-79,81-87H,3-15,17,19-21,23,25-28,30-31,34,36-40,42,44-48,50,52-56H2,1-2H3,(H,75,80)/b18-16-,24-22-,32-29-,35-33+,43-41+,51-49+. The summed E-state index contributed by atoms with van der Waals surface area (Å²) >= 11 is 0. The predicted octanol–water partition coefficient (Wildman–Crippen LogP) is 10.5. The molecular formula is C74H131NO18. The summed E-state index contributed by atoms with van der Waals surface area (Å²) in [6, 6.07) is -1.01. The highest BCUT2D eigenvalue weighted by molar-refractivity contribution is 5.76. The first-order valence-electron chi connectivity index (χ1n) is 36.7. The molecule has 0 radical (unpaired) electrons. The van der Waals surface area contributed by atoms with Gasteiger partial charge in [0.15, 0.2) is 18.9 Å². The van der Waals surface area contributed by atoms with Gasteiger partial charge in [-0.15, -0.1) is 0 Å². The number of aliphatic hydroxyl groups is 11. The van der Waals surface area contributed by atoms with E-state index in [-0.39, 0.29) is 18.9 Å². The van der Waals surface area contributed by atoms with Crippen LogP contribution in [0.1, 0.15) is 258 Å². The van der Waals surface area contributed by atoms with Crippen molar-refractivity contribution >= 4 is 5.91 Å². The highest BCUT2D eigenvalue weighted by atomic mass is 16.8. The number of amides is 1. The van der Waals surface area contributed by atoms with E-state index in [0.29, 0.717) is 12.8 Å². The summed E-state index contributed by atoms with van der Waals surface area (Å²) in [7, 11) is 0. The van der Waals surface area contributed by atoms with Crippen molar-refractivity contribution in [2.75, 3.05) is 26.4 Å². The molecule has 0 aliphatic carbocycles. The molecule has 19 heteroatoms. The van der Waals surface area contributed by atoms with Gasteiger partial charge in [-0.3, -0.25) is 4.79 Å². The maximum Gasteiger partial charge on any atom is 0.220 e. The summed E-state index contributed by atoms with van der Waals surface area (Å²) in [5.74, 6) is -0.297. The molecule has 17 atom stereocenters. The molecule has 1 amide bonds. The van der Waals surface area contributed by atoms with Crippen LogP contribution < -0.4 is 5.32 Å². The zero-order valence-electron chi connectivity index (χ0n) is 57.2.